The summed E-state index contributed by atoms with van der Waals surface area (Å²) in [5, 5.41) is 7.23. The van der Waals surface area contributed by atoms with Crippen LogP contribution in [-0.4, -0.2) is 86.0 Å². The number of aromatic nitrogens is 1. The Morgan fingerprint density at radius 2 is 1.72 bits per heavy atom. The molecule has 198 valence electrons. The second kappa shape index (κ2) is 12.9. The summed E-state index contributed by atoms with van der Waals surface area (Å²) in [5.41, 5.74) is 1.00. The van der Waals surface area contributed by atoms with E-state index in [0.29, 0.717) is 12.2 Å². The van der Waals surface area contributed by atoms with Crippen LogP contribution >= 0.6 is 0 Å². The Morgan fingerprint density at radius 3 is 2.31 bits per heavy atom. The normalized spacial score (nSPS) is 12.7. The first-order valence-corrected chi connectivity index (χ1v) is 11.8. The number of aromatic amines is 1. The molecule has 0 fully saturated rings. The van der Waals surface area contributed by atoms with Crippen molar-refractivity contribution in [1.29, 1.82) is 0 Å². The van der Waals surface area contributed by atoms with Crippen LogP contribution < -0.4 is 15.4 Å². The summed E-state index contributed by atoms with van der Waals surface area (Å²) in [6.45, 7) is 3.86. The van der Waals surface area contributed by atoms with Crippen LogP contribution in [0.25, 0.3) is 10.9 Å². The molecule has 0 aliphatic rings. The van der Waals surface area contributed by atoms with Gasteiger partial charge in [0.2, 0.25) is 11.8 Å². The maximum absolute atomic E-state index is 13.3. The van der Waals surface area contributed by atoms with Crippen LogP contribution in [0.3, 0.4) is 0 Å². The van der Waals surface area contributed by atoms with Crippen LogP contribution in [-0.2, 0) is 19.2 Å². The van der Waals surface area contributed by atoms with Gasteiger partial charge >= 0.3 is 0 Å². The van der Waals surface area contributed by atoms with Crippen LogP contribution in [0.1, 0.15) is 43.6 Å². The molecule has 0 radical (unpaired) electrons. The average molecular weight is 504 g/mol. The van der Waals surface area contributed by atoms with Crippen molar-refractivity contribution in [2.75, 3.05) is 35.4 Å². The van der Waals surface area contributed by atoms with Crippen molar-refractivity contribution in [3.8, 4) is 5.75 Å². The first-order valence-electron chi connectivity index (χ1n) is 11.8. The highest BCUT2D eigenvalue weighted by atomic mass is 16.7. The Morgan fingerprint density at radius 1 is 1.03 bits per heavy atom. The molecule has 0 aliphatic carbocycles. The molecule has 0 bridgehead atoms. The number of carbonyl (C=O) groups excluding carboxylic acids is 4. The van der Waals surface area contributed by atoms with Crippen LogP contribution in [0.4, 0.5) is 0 Å². The molecule has 4 amide bonds. The summed E-state index contributed by atoms with van der Waals surface area (Å²) in [5.74, 6) is -0.970. The van der Waals surface area contributed by atoms with Gasteiger partial charge in [-0.15, -0.1) is 0 Å². The zero-order chi connectivity index (χ0) is 27.0. The second-order valence-corrected chi connectivity index (χ2v) is 9.17. The highest BCUT2D eigenvalue weighted by Crippen LogP contribution is 2.26. The Kier molecular flexibility index (Phi) is 10.3. The van der Waals surface area contributed by atoms with Gasteiger partial charge in [-0.2, -0.15) is 0 Å². The molecule has 0 spiro atoms. The lowest BCUT2D eigenvalue weighted by molar-refractivity contribution is -0.172. The van der Waals surface area contributed by atoms with Gasteiger partial charge in [0, 0.05) is 38.5 Å². The Hall–Kier alpha value is -3.60. The van der Waals surface area contributed by atoms with Crippen LogP contribution in [0.2, 0.25) is 0 Å². The van der Waals surface area contributed by atoms with Gasteiger partial charge in [-0.05, 0) is 37.0 Å². The lowest BCUT2D eigenvalue weighted by Crippen LogP contribution is -2.54. The summed E-state index contributed by atoms with van der Waals surface area (Å²) in [6.07, 6.45) is 0.484. The molecule has 2 atom stereocenters. The molecular weight excluding hydrogens is 466 g/mol. The quantitative estimate of drug-likeness (QED) is 0.378. The minimum Gasteiger partial charge on any atom is -0.496 e. The number of hydrogen-bond donors (Lipinski definition) is 3. The molecule has 11 nitrogen and oxygen atoms in total. The van der Waals surface area contributed by atoms with Gasteiger partial charge in [0.1, 0.15) is 23.5 Å². The SMILES string of the molecule is COc1cccc2[nH]c(C(=O)N[C@@H](CC(C)C)C(=O)NC(CCC(=O)N(C)C)C(=O)N(C)OC)cc12. The summed E-state index contributed by atoms with van der Waals surface area (Å²) < 4.78 is 5.35. The Bertz CT molecular complexity index is 1080. The number of amides is 4. The Labute approximate surface area is 211 Å². The van der Waals surface area contributed by atoms with Gasteiger partial charge in [-0.1, -0.05) is 19.9 Å². The van der Waals surface area contributed by atoms with E-state index in [1.165, 1.54) is 19.1 Å². The molecule has 1 unspecified atom stereocenters. The summed E-state index contributed by atoms with van der Waals surface area (Å²) in [4.78, 5) is 60.7. The molecule has 0 saturated carbocycles. The van der Waals surface area contributed by atoms with E-state index in [0.717, 1.165) is 16.0 Å². The van der Waals surface area contributed by atoms with Crippen molar-refractivity contribution in [2.45, 2.75) is 45.2 Å². The molecule has 36 heavy (non-hydrogen) atoms. The third-order valence-electron chi connectivity index (χ3n) is 5.76. The predicted octanol–water partition coefficient (Wildman–Crippen LogP) is 1.69. The van der Waals surface area contributed by atoms with Crippen molar-refractivity contribution in [3.05, 3.63) is 30.0 Å². The molecule has 0 saturated heterocycles. The zero-order valence-corrected chi connectivity index (χ0v) is 22.0. The fourth-order valence-electron chi connectivity index (χ4n) is 3.70. The summed E-state index contributed by atoms with van der Waals surface area (Å²) in [6, 6.07) is 5.19. The zero-order valence-electron chi connectivity index (χ0n) is 22.0. The minimum absolute atomic E-state index is 0.0549. The van der Waals surface area contributed by atoms with Crippen molar-refractivity contribution < 1.29 is 28.8 Å². The third-order valence-corrected chi connectivity index (χ3v) is 5.76. The number of carbonyl (C=O) groups is 4. The largest absolute Gasteiger partial charge is 0.496 e. The van der Waals surface area contributed by atoms with Crippen molar-refractivity contribution in [3.63, 3.8) is 0 Å². The highest BCUT2D eigenvalue weighted by molar-refractivity contribution is 6.01. The topological polar surface area (TPSA) is 133 Å². The number of methoxy groups -OCH3 is 1. The van der Waals surface area contributed by atoms with Crippen LogP contribution in [0.15, 0.2) is 24.3 Å². The smallest absolute Gasteiger partial charge is 0.268 e. The molecular formula is C25H37N5O6. The molecule has 3 N–H and O–H groups in total. The number of hydroxylamine groups is 2. The first-order chi connectivity index (χ1) is 17.0. The van der Waals surface area contributed by atoms with E-state index in [2.05, 4.69) is 15.6 Å². The fraction of sp³-hybridized carbons (Fsp3) is 0.520. The number of rotatable bonds is 12. The molecule has 0 aliphatic heterocycles. The summed E-state index contributed by atoms with van der Waals surface area (Å²) in [7, 11) is 7.54. The lowest BCUT2D eigenvalue weighted by atomic mass is 10.0. The molecule has 2 rings (SSSR count). The molecule has 11 heteroatoms. The van der Waals surface area contributed by atoms with Gasteiger partial charge in [-0.3, -0.25) is 24.0 Å². The maximum Gasteiger partial charge on any atom is 0.268 e. The third kappa shape index (κ3) is 7.45. The number of fused-ring (bicyclic) bond motifs is 1. The van der Waals surface area contributed by atoms with Crippen molar-refractivity contribution >= 4 is 34.5 Å². The number of nitrogens with one attached hydrogen (secondary N) is 3. The standard InChI is InChI=1S/C25H37N5O6/c1-15(2)13-19(28-24(33)20-14-16-17(26-20)9-8-10-21(16)35-6)23(32)27-18(25(34)30(5)36-7)11-12-22(31)29(3)4/h8-10,14-15,18-19,26H,11-13H2,1-7H3,(H,27,32)(H,28,33)/t18?,19-/m0/s1. The molecule has 1 aromatic heterocycles. The van der Waals surface area contributed by atoms with E-state index >= 15 is 0 Å². The van der Waals surface area contributed by atoms with Gasteiger partial charge in [0.25, 0.3) is 11.8 Å². The van der Waals surface area contributed by atoms with Gasteiger partial charge in [-0.25, -0.2) is 5.06 Å². The van der Waals surface area contributed by atoms with E-state index in [1.54, 1.807) is 33.3 Å². The van der Waals surface area contributed by atoms with E-state index in [4.69, 9.17) is 9.57 Å². The van der Waals surface area contributed by atoms with Crippen LogP contribution in [0, 0.1) is 5.92 Å². The fourth-order valence-corrected chi connectivity index (χ4v) is 3.70. The summed E-state index contributed by atoms with van der Waals surface area (Å²) >= 11 is 0. The van der Waals surface area contributed by atoms with Crippen LogP contribution in [0.5, 0.6) is 5.75 Å². The number of hydrogen-bond acceptors (Lipinski definition) is 6. The van der Waals surface area contributed by atoms with E-state index < -0.39 is 29.8 Å². The number of ether oxygens (including phenoxy) is 1. The predicted molar refractivity (Wildman–Crippen MR) is 135 cm³/mol. The monoisotopic (exact) mass is 503 g/mol. The number of benzene rings is 1. The van der Waals surface area contributed by atoms with Crippen molar-refractivity contribution in [1.82, 2.24) is 25.6 Å². The molecule has 1 heterocycles. The first kappa shape index (κ1) is 28.6. The van der Waals surface area contributed by atoms with E-state index in [9.17, 15) is 19.2 Å². The van der Waals surface area contributed by atoms with Gasteiger partial charge in [0.15, 0.2) is 0 Å². The van der Waals surface area contributed by atoms with Gasteiger partial charge in [0.05, 0.1) is 14.2 Å². The van der Waals surface area contributed by atoms with E-state index in [-0.39, 0.29) is 30.4 Å². The molecule has 1 aromatic carbocycles. The minimum atomic E-state index is -1.00. The average Bonchev–Trinajstić information content (AvgIpc) is 3.29. The molecule has 2 aromatic rings. The van der Waals surface area contributed by atoms with Crippen molar-refractivity contribution in [2.24, 2.45) is 5.92 Å². The maximum atomic E-state index is 13.3. The number of H-pyrrole nitrogens is 1. The number of likely N-dealkylation sites (N-methyl/N-ethyl adjacent to an activating group) is 1. The highest BCUT2D eigenvalue weighted by Gasteiger charge is 2.30. The second-order valence-electron chi connectivity index (χ2n) is 9.17. The Balaban J connectivity index is 2.22. The number of nitrogens with zero attached hydrogens (tertiary/aromatic N) is 2. The lowest BCUT2D eigenvalue weighted by Gasteiger charge is -2.26. The van der Waals surface area contributed by atoms with Gasteiger partial charge < -0.3 is 25.3 Å². The van der Waals surface area contributed by atoms with E-state index in [1.807, 2.05) is 26.0 Å².